The molecule has 2 aromatic rings. The summed E-state index contributed by atoms with van der Waals surface area (Å²) in [6.45, 7) is -0.193. The molecule has 2 rings (SSSR count). The minimum atomic E-state index is -0.397. The maximum Gasteiger partial charge on any atom is 0.251 e. The van der Waals surface area contributed by atoms with Crippen LogP contribution in [0.2, 0.25) is 0 Å². The first-order chi connectivity index (χ1) is 13.0. The Kier molecular flexibility index (Phi) is 6.87. The van der Waals surface area contributed by atoms with E-state index in [9.17, 15) is 9.59 Å². The summed E-state index contributed by atoms with van der Waals surface area (Å²) in [6.07, 6.45) is 0. The van der Waals surface area contributed by atoms with Crippen molar-refractivity contribution in [3.8, 4) is 23.0 Å². The molecule has 2 aromatic carbocycles. The predicted octanol–water partition coefficient (Wildman–Crippen LogP) is 2.09. The van der Waals surface area contributed by atoms with E-state index in [1.807, 2.05) is 0 Å². The molecule has 8 heteroatoms. The van der Waals surface area contributed by atoms with Crippen molar-refractivity contribution in [1.29, 1.82) is 0 Å². The largest absolute Gasteiger partial charge is 0.497 e. The number of carbonyl (C=O) groups excluding carboxylic acids is 2. The van der Waals surface area contributed by atoms with Gasteiger partial charge in [-0.25, -0.2) is 0 Å². The minimum Gasteiger partial charge on any atom is -0.497 e. The normalized spacial score (nSPS) is 9.93. The van der Waals surface area contributed by atoms with Crippen LogP contribution in [-0.4, -0.2) is 46.8 Å². The molecule has 0 fully saturated rings. The lowest BCUT2D eigenvalue weighted by molar-refractivity contribution is -0.115. The van der Waals surface area contributed by atoms with Crippen molar-refractivity contribution in [2.24, 2.45) is 0 Å². The number of carbonyl (C=O) groups is 2. The highest BCUT2D eigenvalue weighted by atomic mass is 16.5. The fourth-order valence-corrected chi connectivity index (χ4v) is 2.36. The molecule has 2 amide bonds. The molecule has 0 spiro atoms. The van der Waals surface area contributed by atoms with Gasteiger partial charge in [-0.15, -0.1) is 0 Å². The molecule has 0 aliphatic heterocycles. The van der Waals surface area contributed by atoms with Gasteiger partial charge in [-0.1, -0.05) is 0 Å². The Labute approximate surface area is 157 Å². The van der Waals surface area contributed by atoms with E-state index in [1.54, 1.807) is 43.5 Å². The van der Waals surface area contributed by atoms with Crippen molar-refractivity contribution < 1.29 is 28.5 Å². The molecule has 0 aliphatic carbocycles. The van der Waals surface area contributed by atoms with E-state index in [-0.39, 0.29) is 12.5 Å². The van der Waals surface area contributed by atoms with Crippen molar-refractivity contribution in [2.75, 3.05) is 40.3 Å². The Balaban J connectivity index is 1.99. The Morgan fingerprint density at radius 1 is 0.852 bits per heavy atom. The second-order valence-electron chi connectivity index (χ2n) is 5.37. The van der Waals surface area contributed by atoms with E-state index in [0.717, 1.165) is 0 Å². The van der Waals surface area contributed by atoms with Gasteiger partial charge in [0.1, 0.15) is 5.75 Å². The van der Waals surface area contributed by atoms with E-state index >= 15 is 0 Å². The maximum atomic E-state index is 12.1. The fraction of sp³-hybridized carbons (Fsp3) is 0.263. The zero-order chi connectivity index (χ0) is 19.8. The molecule has 27 heavy (non-hydrogen) atoms. The number of hydrogen-bond donors (Lipinski definition) is 2. The molecular formula is C19H22N2O6. The molecule has 0 radical (unpaired) electrons. The average Bonchev–Trinajstić information content (AvgIpc) is 2.71. The van der Waals surface area contributed by atoms with Crippen LogP contribution in [0, 0.1) is 0 Å². The smallest absolute Gasteiger partial charge is 0.251 e. The fourth-order valence-electron chi connectivity index (χ4n) is 2.36. The molecule has 144 valence electrons. The standard InChI is InChI=1S/C19H22N2O6/c1-24-14-7-5-12(6-8-14)19(23)20-11-17(22)21-13-9-15(25-2)18(27-4)16(10-13)26-3/h5-10H,11H2,1-4H3,(H,20,23)(H,21,22). The third-order valence-electron chi connectivity index (χ3n) is 3.71. The van der Waals surface area contributed by atoms with Crippen molar-refractivity contribution in [3.63, 3.8) is 0 Å². The maximum absolute atomic E-state index is 12.1. The van der Waals surface area contributed by atoms with Gasteiger partial charge in [-0.3, -0.25) is 9.59 Å². The predicted molar refractivity (Wildman–Crippen MR) is 100 cm³/mol. The molecule has 0 aliphatic rings. The van der Waals surface area contributed by atoms with Crippen LogP contribution in [0.5, 0.6) is 23.0 Å². The summed E-state index contributed by atoms with van der Waals surface area (Å²) in [7, 11) is 6.01. The third-order valence-corrected chi connectivity index (χ3v) is 3.71. The van der Waals surface area contributed by atoms with Crippen LogP contribution in [0.3, 0.4) is 0 Å². The number of nitrogens with one attached hydrogen (secondary N) is 2. The van der Waals surface area contributed by atoms with Gasteiger partial charge in [-0.05, 0) is 24.3 Å². The Bertz CT molecular complexity index is 779. The summed E-state index contributed by atoms with van der Waals surface area (Å²) in [6, 6.07) is 9.78. The van der Waals surface area contributed by atoms with E-state index in [1.165, 1.54) is 21.3 Å². The monoisotopic (exact) mass is 374 g/mol. The van der Waals surface area contributed by atoms with Crippen molar-refractivity contribution >= 4 is 17.5 Å². The summed E-state index contributed by atoms with van der Waals surface area (Å²) in [5.74, 6) is 1.13. The molecule has 2 N–H and O–H groups in total. The van der Waals surface area contributed by atoms with Crippen LogP contribution in [0.15, 0.2) is 36.4 Å². The number of rotatable bonds is 8. The van der Waals surface area contributed by atoms with Crippen LogP contribution >= 0.6 is 0 Å². The molecule has 0 aromatic heterocycles. The summed E-state index contributed by atoms with van der Waals surface area (Å²) >= 11 is 0. The molecule has 0 atom stereocenters. The summed E-state index contributed by atoms with van der Waals surface area (Å²) in [5, 5.41) is 5.24. The van der Waals surface area contributed by atoms with Crippen molar-refractivity contribution in [2.45, 2.75) is 0 Å². The first-order valence-electron chi connectivity index (χ1n) is 8.04. The molecular weight excluding hydrogens is 352 g/mol. The minimum absolute atomic E-state index is 0.193. The van der Waals surface area contributed by atoms with Crippen LogP contribution < -0.4 is 29.6 Å². The number of ether oxygens (including phenoxy) is 4. The van der Waals surface area contributed by atoms with Gasteiger partial charge in [0.15, 0.2) is 11.5 Å². The highest BCUT2D eigenvalue weighted by Gasteiger charge is 2.15. The van der Waals surface area contributed by atoms with E-state index < -0.39 is 5.91 Å². The highest BCUT2D eigenvalue weighted by molar-refractivity contribution is 5.99. The van der Waals surface area contributed by atoms with Crippen molar-refractivity contribution in [1.82, 2.24) is 5.32 Å². The van der Waals surface area contributed by atoms with Gasteiger partial charge in [0.05, 0.1) is 35.0 Å². The van der Waals surface area contributed by atoms with Gasteiger partial charge in [0, 0.05) is 23.4 Å². The number of benzene rings is 2. The van der Waals surface area contributed by atoms with Crippen LogP contribution in [0.25, 0.3) is 0 Å². The Morgan fingerprint density at radius 2 is 1.44 bits per heavy atom. The number of hydrogen-bond acceptors (Lipinski definition) is 6. The Hall–Kier alpha value is -3.42. The van der Waals surface area contributed by atoms with Crippen molar-refractivity contribution in [3.05, 3.63) is 42.0 Å². The first kappa shape index (κ1) is 19.9. The quantitative estimate of drug-likeness (QED) is 0.735. The highest BCUT2D eigenvalue weighted by Crippen LogP contribution is 2.39. The SMILES string of the molecule is COc1ccc(C(=O)NCC(=O)Nc2cc(OC)c(OC)c(OC)c2)cc1. The molecule has 8 nitrogen and oxygen atoms in total. The summed E-state index contributed by atoms with van der Waals surface area (Å²) in [5.41, 5.74) is 0.879. The molecule has 0 saturated heterocycles. The van der Waals surface area contributed by atoms with Crippen LogP contribution in [-0.2, 0) is 4.79 Å². The summed E-state index contributed by atoms with van der Waals surface area (Å²) < 4.78 is 20.8. The third kappa shape index (κ3) is 5.04. The number of methoxy groups -OCH3 is 4. The average molecular weight is 374 g/mol. The molecule has 0 bridgehead atoms. The zero-order valence-corrected chi connectivity index (χ0v) is 15.6. The van der Waals surface area contributed by atoms with Gasteiger partial charge in [0.2, 0.25) is 11.7 Å². The number of amides is 2. The lowest BCUT2D eigenvalue weighted by Gasteiger charge is -2.14. The number of anilines is 1. The van der Waals surface area contributed by atoms with E-state index in [2.05, 4.69) is 10.6 Å². The first-order valence-corrected chi connectivity index (χ1v) is 8.04. The van der Waals surface area contributed by atoms with Crippen LogP contribution in [0.1, 0.15) is 10.4 Å². The topological polar surface area (TPSA) is 95.1 Å². The second-order valence-corrected chi connectivity index (χ2v) is 5.37. The molecule has 0 heterocycles. The van der Waals surface area contributed by atoms with Crippen LogP contribution in [0.4, 0.5) is 5.69 Å². The lowest BCUT2D eigenvalue weighted by atomic mass is 10.2. The van der Waals surface area contributed by atoms with Gasteiger partial charge < -0.3 is 29.6 Å². The lowest BCUT2D eigenvalue weighted by Crippen LogP contribution is -2.32. The Morgan fingerprint density at radius 3 is 1.93 bits per heavy atom. The molecule has 0 unspecified atom stereocenters. The zero-order valence-electron chi connectivity index (χ0n) is 15.6. The summed E-state index contributed by atoms with van der Waals surface area (Å²) in [4.78, 5) is 24.2. The van der Waals surface area contributed by atoms with Gasteiger partial charge in [0.25, 0.3) is 5.91 Å². The van der Waals surface area contributed by atoms with Gasteiger partial charge in [-0.2, -0.15) is 0 Å². The van der Waals surface area contributed by atoms with Gasteiger partial charge >= 0.3 is 0 Å². The molecule has 0 saturated carbocycles. The van der Waals surface area contributed by atoms with E-state index in [0.29, 0.717) is 34.2 Å². The van der Waals surface area contributed by atoms with E-state index in [4.69, 9.17) is 18.9 Å². The second kappa shape index (κ2) is 9.33.